The molecule has 5 heteroatoms. The number of carbonyl (C=O) groups is 3. The Morgan fingerprint density at radius 2 is 1.21 bits per heavy atom. The van der Waals surface area contributed by atoms with Crippen molar-refractivity contribution in [2.24, 2.45) is 0 Å². The van der Waals surface area contributed by atoms with E-state index >= 15 is 0 Å². The van der Waals surface area contributed by atoms with E-state index in [9.17, 15) is 14.4 Å². The molecule has 0 atom stereocenters. The molecule has 0 heterocycles. The molecule has 0 rings (SSSR count). The topological polar surface area (TPSA) is 60.4 Å². The molecule has 0 N–H and O–H groups in total. The third-order valence-electron chi connectivity index (χ3n) is 2.94. The summed E-state index contributed by atoms with van der Waals surface area (Å²) < 4.78 is 7.48. The molecule has 0 aromatic carbocycles. The second kappa shape index (κ2) is 11.4. The summed E-state index contributed by atoms with van der Waals surface area (Å²) in [6.45, 7) is 4.68. The average Bonchev–Trinajstić information content (AvgIpc) is 2.28. The van der Waals surface area contributed by atoms with Gasteiger partial charge in [-0.1, -0.05) is 0 Å². The van der Waals surface area contributed by atoms with E-state index in [-0.39, 0.29) is 17.5 Å². The van der Waals surface area contributed by atoms with Crippen LogP contribution in [-0.2, 0) is 17.5 Å². The number of rotatable bonds is 11. The van der Waals surface area contributed by atoms with Crippen LogP contribution in [0.1, 0.15) is 59.3 Å². The van der Waals surface area contributed by atoms with Gasteiger partial charge in [-0.25, -0.2) is 0 Å². The number of carbonyl (C=O) groups excluding carboxylic acids is 3. The Bertz CT molecular complexity index is 280. The first-order valence-electron chi connectivity index (χ1n) is 7.08. The number of hydrogen-bond donors (Lipinski definition) is 0. The van der Waals surface area contributed by atoms with Crippen molar-refractivity contribution in [2.75, 3.05) is 0 Å². The Morgan fingerprint density at radius 3 is 1.53 bits per heavy atom. The van der Waals surface area contributed by atoms with E-state index in [1.54, 1.807) is 13.8 Å². The zero-order valence-corrected chi connectivity index (χ0v) is 15.7. The molecule has 0 radical (unpaired) electrons. The van der Waals surface area contributed by atoms with Crippen molar-refractivity contribution < 1.29 is 17.5 Å². The third kappa shape index (κ3) is 13.8. The molecule has 0 fully saturated rings. The van der Waals surface area contributed by atoms with E-state index in [0.717, 1.165) is 34.6 Å². The maximum atomic E-state index is 11.1. The first-order chi connectivity index (χ1) is 8.91. The standard InChI is InChI=1S/2C6H11O.C2H4O2.Sn.H/c2*1-3-4-5-6(2)7;1-2(3)4;;/h2*1,3-5H2,2H3;1H3,(H,3,4);;/q;;;+1;/p-1. The van der Waals surface area contributed by atoms with E-state index in [1.165, 1.54) is 6.92 Å². The Labute approximate surface area is 123 Å². The van der Waals surface area contributed by atoms with Crippen LogP contribution in [0, 0.1) is 0 Å². The molecule has 0 saturated heterocycles. The summed E-state index contributed by atoms with van der Waals surface area (Å²) in [6.07, 6.45) is 5.03. The fourth-order valence-electron chi connectivity index (χ4n) is 1.99. The van der Waals surface area contributed by atoms with E-state index in [4.69, 9.17) is 3.07 Å². The first kappa shape index (κ1) is 18.6. The van der Waals surface area contributed by atoms with Gasteiger partial charge in [0.05, 0.1) is 0 Å². The monoisotopic (exact) mass is 378 g/mol. The van der Waals surface area contributed by atoms with Gasteiger partial charge in [0.1, 0.15) is 0 Å². The van der Waals surface area contributed by atoms with Crippen LogP contribution in [0.3, 0.4) is 0 Å². The number of unbranched alkanes of at least 4 members (excludes halogenated alkanes) is 2. The molecule has 0 unspecified atom stereocenters. The number of Topliss-reactive ketones (excluding diaryl/α,β-unsaturated/α-hetero) is 2. The van der Waals surface area contributed by atoms with Gasteiger partial charge in [-0.2, -0.15) is 0 Å². The Balaban J connectivity index is 3.84. The van der Waals surface area contributed by atoms with Gasteiger partial charge >= 0.3 is 123 Å². The first-order valence-corrected chi connectivity index (χ1v) is 13.1. The maximum absolute atomic E-state index is 11.1. The van der Waals surface area contributed by atoms with Crippen LogP contribution in [0.5, 0.6) is 0 Å². The second-order valence-corrected chi connectivity index (χ2v) is 12.6. The van der Waals surface area contributed by atoms with E-state index in [0.29, 0.717) is 12.8 Å². The fourth-order valence-corrected chi connectivity index (χ4v) is 9.07. The molecular weight excluding hydrogens is 351 g/mol. The SMILES string of the molecule is CC(=O)CCC[CH2][SnH]([CH2]CCCC(C)=O)[O]C(C)=O. The summed E-state index contributed by atoms with van der Waals surface area (Å²) in [6, 6.07) is 0. The molecule has 0 aliphatic rings. The predicted molar refractivity (Wildman–Crippen MR) is 77.6 cm³/mol. The average molecular weight is 377 g/mol. The molecule has 0 aromatic rings. The van der Waals surface area contributed by atoms with Gasteiger partial charge in [-0.05, 0) is 0 Å². The summed E-state index contributed by atoms with van der Waals surface area (Å²) in [5.74, 6) is 0.278. The molecule has 0 aromatic heterocycles. The van der Waals surface area contributed by atoms with Crippen LogP contribution in [0.4, 0.5) is 0 Å². The van der Waals surface area contributed by atoms with Crippen molar-refractivity contribution >= 4 is 37.7 Å². The zero-order chi connectivity index (χ0) is 14.7. The normalized spacial score (nSPS) is 10.5. The van der Waals surface area contributed by atoms with Gasteiger partial charge in [0.2, 0.25) is 0 Å². The minimum atomic E-state index is -2.22. The predicted octanol–water partition coefficient (Wildman–Crippen LogP) is 2.79. The van der Waals surface area contributed by atoms with Crippen LogP contribution >= 0.6 is 0 Å². The van der Waals surface area contributed by atoms with Gasteiger partial charge in [0.25, 0.3) is 0 Å². The molecule has 0 spiro atoms. The summed E-state index contributed by atoms with van der Waals surface area (Å²) in [5.41, 5.74) is 0. The van der Waals surface area contributed by atoms with E-state index in [2.05, 4.69) is 0 Å². The molecular formula is C14H26O4Sn. The van der Waals surface area contributed by atoms with Crippen molar-refractivity contribution in [3.63, 3.8) is 0 Å². The van der Waals surface area contributed by atoms with Gasteiger partial charge in [0, 0.05) is 0 Å². The van der Waals surface area contributed by atoms with Crippen molar-refractivity contribution in [3.05, 3.63) is 0 Å². The van der Waals surface area contributed by atoms with E-state index < -0.39 is 20.2 Å². The van der Waals surface area contributed by atoms with Crippen LogP contribution in [0.2, 0.25) is 8.87 Å². The molecule has 0 aliphatic heterocycles. The quantitative estimate of drug-likeness (QED) is 0.411. The van der Waals surface area contributed by atoms with Crippen LogP contribution in [-0.4, -0.2) is 37.7 Å². The summed E-state index contributed by atoms with van der Waals surface area (Å²) in [7, 11) is 0. The van der Waals surface area contributed by atoms with Gasteiger partial charge in [-0.15, -0.1) is 0 Å². The number of hydrogen-bond acceptors (Lipinski definition) is 4. The number of ketones is 2. The molecule has 0 bridgehead atoms. The second-order valence-electron chi connectivity index (χ2n) is 5.13. The van der Waals surface area contributed by atoms with Crippen molar-refractivity contribution in [2.45, 2.75) is 68.2 Å². The molecule has 19 heavy (non-hydrogen) atoms. The van der Waals surface area contributed by atoms with E-state index in [1.807, 2.05) is 0 Å². The summed E-state index contributed by atoms with van der Waals surface area (Å²) >= 11 is -2.22. The molecule has 4 nitrogen and oxygen atoms in total. The van der Waals surface area contributed by atoms with Crippen LogP contribution in [0.25, 0.3) is 0 Å². The molecule has 110 valence electrons. The van der Waals surface area contributed by atoms with Crippen LogP contribution < -0.4 is 0 Å². The van der Waals surface area contributed by atoms with Crippen molar-refractivity contribution in [1.82, 2.24) is 0 Å². The van der Waals surface area contributed by atoms with Gasteiger partial charge < -0.3 is 0 Å². The van der Waals surface area contributed by atoms with Gasteiger partial charge in [-0.3, -0.25) is 0 Å². The Morgan fingerprint density at radius 1 is 0.789 bits per heavy atom. The van der Waals surface area contributed by atoms with Gasteiger partial charge in [0.15, 0.2) is 0 Å². The zero-order valence-electron chi connectivity index (χ0n) is 12.4. The fraction of sp³-hybridized carbons (Fsp3) is 0.786. The van der Waals surface area contributed by atoms with Crippen LogP contribution in [0.15, 0.2) is 0 Å². The summed E-state index contributed by atoms with van der Waals surface area (Å²) in [4.78, 5) is 32.7. The molecule has 0 amide bonds. The van der Waals surface area contributed by atoms with Crippen molar-refractivity contribution in [3.8, 4) is 0 Å². The Hall–Kier alpha value is -0.391. The van der Waals surface area contributed by atoms with Crippen molar-refractivity contribution in [1.29, 1.82) is 0 Å². The Kier molecular flexibility index (Phi) is 11.2. The summed E-state index contributed by atoms with van der Waals surface area (Å²) in [5, 5.41) is 0. The third-order valence-corrected chi connectivity index (χ3v) is 10.8. The molecule has 0 aliphatic carbocycles. The minimum absolute atomic E-state index is 0.168. The molecule has 0 saturated carbocycles.